The summed E-state index contributed by atoms with van der Waals surface area (Å²) in [6.07, 6.45) is 3.36. The van der Waals surface area contributed by atoms with E-state index in [1.54, 1.807) is 19.0 Å². The van der Waals surface area contributed by atoms with Gasteiger partial charge in [-0.2, -0.15) is 5.26 Å². The van der Waals surface area contributed by atoms with Crippen LogP contribution in [0.5, 0.6) is 0 Å². The van der Waals surface area contributed by atoms with Crippen molar-refractivity contribution in [3.8, 4) is 6.07 Å². The second-order valence-electron chi connectivity index (χ2n) is 3.54. The van der Waals surface area contributed by atoms with E-state index < -0.39 is 0 Å². The van der Waals surface area contributed by atoms with Crippen LogP contribution in [-0.2, 0) is 4.79 Å². The number of carbonyl (C=O) groups is 1. The van der Waals surface area contributed by atoms with Gasteiger partial charge in [0.05, 0.1) is 6.07 Å². The van der Waals surface area contributed by atoms with E-state index in [-0.39, 0.29) is 11.8 Å². The van der Waals surface area contributed by atoms with Gasteiger partial charge in [-0.25, -0.2) is 0 Å². The molecule has 0 aromatic heterocycles. The lowest BCUT2D eigenvalue weighted by Crippen LogP contribution is -2.27. The topological polar surface area (TPSA) is 44.1 Å². The summed E-state index contributed by atoms with van der Waals surface area (Å²) in [5.41, 5.74) is 0. The molecule has 1 unspecified atom stereocenters. The lowest BCUT2D eigenvalue weighted by atomic mass is 10.0. The second-order valence-corrected chi connectivity index (χ2v) is 3.54. The van der Waals surface area contributed by atoms with E-state index in [1.807, 2.05) is 6.92 Å². The highest BCUT2D eigenvalue weighted by Gasteiger charge is 2.13. The van der Waals surface area contributed by atoms with Crippen LogP contribution in [0.3, 0.4) is 0 Å². The lowest BCUT2D eigenvalue weighted by molar-refractivity contribution is -0.132. The summed E-state index contributed by atoms with van der Waals surface area (Å²) >= 11 is 0. The molecule has 0 heterocycles. The van der Waals surface area contributed by atoms with Crippen molar-refractivity contribution in [2.75, 3.05) is 14.1 Å². The van der Waals surface area contributed by atoms with Crippen molar-refractivity contribution in [1.29, 1.82) is 5.26 Å². The standard InChI is InChI=1S/C10H18N2O/c1-9(10(13)12(2)3)7-5-4-6-8-11/h9H,4-7H2,1-3H3. The molecule has 3 heteroatoms. The Balaban J connectivity index is 3.57. The third-order valence-electron chi connectivity index (χ3n) is 2.04. The smallest absolute Gasteiger partial charge is 0.224 e. The van der Waals surface area contributed by atoms with Crippen LogP contribution in [0.25, 0.3) is 0 Å². The van der Waals surface area contributed by atoms with Gasteiger partial charge in [-0.15, -0.1) is 0 Å². The van der Waals surface area contributed by atoms with Gasteiger partial charge in [0.15, 0.2) is 0 Å². The Morgan fingerprint density at radius 3 is 2.54 bits per heavy atom. The van der Waals surface area contributed by atoms with Gasteiger partial charge in [-0.3, -0.25) is 4.79 Å². The van der Waals surface area contributed by atoms with Crippen molar-refractivity contribution in [2.45, 2.75) is 32.6 Å². The molecular formula is C10H18N2O. The first-order valence-corrected chi connectivity index (χ1v) is 4.67. The van der Waals surface area contributed by atoms with Crippen LogP contribution in [0.15, 0.2) is 0 Å². The largest absolute Gasteiger partial charge is 0.349 e. The number of nitrogens with zero attached hydrogens (tertiary/aromatic N) is 2. The average molecular weight is 182 g/mol. The summed E-state index contributed by atoms with van der Waals surface area (Å²) in [5.74, 6) is 0.269. The van der Waals surface area contributed by atoms with Crippen LogP contribution in [-0.4, -0.2) is 24.9 Å². The van der Waals surface area contributed by atoms with Crippen LogP contribution in [0.2, 0.25) is 0 Å². The molecule has 0 rings (SSSR count). The Hall–Kier alpha value is -1.04. The molecule has 13 heavy (non-hydrogen) atoms. The summed E-state index contributed by atoms with van der Waals surface area (Å²) in [7, 11) is 3.54. The molecule has 0 aliphatic carbocycles. The third kappa shape index (κ3) is 5.24. The predicted octanol–water partition coefficient (Wildman–Crippen LogP) is 1.79. The molecule has 0 aromatic rings. The van der Waals surface area contributed by atoms with E-state index in [0.29, 0.717) is 6.42 Å². The molecule has 0 spiro atoms. The zero-order chi connectivity index (χ0) is 10.3. The van der Waals surface area contributed by atoms with E-state index in [9.17, 15) is 4.79 Å². The second kappa shape index (κ2) is 6.47. The van der Waals surface area contributed by atoms with Crippen molar-refractivity contribution in [3.05, 3.63) is 0 Å². The average Bonchev–Trinajstić information content (AvgIpc) is 2.10. The quantitative estimate of drug-likeness (QED) is 0.608. The molecule has 0 N–H and O–H groups in total. The van der Waals surface area contributed by atoms with E-state index in [2.05, 4.69) is 6.07 Å². The Kier molecular flexibility index (Phi) is 5.96. The highest BCUT2D eigenvalue weighted by molar-refractivity contribution is 5.77. The zero-order valence-electron chi connectivity index (χ0n) is 8.71. The summed E-state index contributed by atoms with van der Waals surface area (Å²) in [6.45, 7) is 1.94. The van der Waals surface area contributed by atoms with E-state index in [4.69, 9.17) is 5.26 Å². The van der Waals surface area contributed by atoms with Gasteiger partial charge in [-0.05, 0) is 12.8 Å². The first kappa shape index (κ1) is 12.0. The van der Waals surface area contributed by atoms with Crippen molar-refractivity contribution in [3.63, 3.8) is 0 Å². The first-order chi connectivity index (χ1) is 6.09. The minimum Gasteiger partial charge on any atom is -0.349 e. The molecule has 0 bridgehead atoms. The number of amides is 1. The molecule has 1 amide bonds. The third-order valence-corrected chi connectivity index (χ3v) is 2.04. The fourth-order valence-corrected chi connectivity index (χ4v) is 1.22. The molecule has 1 atom stereocenters. The van der Waals surface area contributed by atoms with Crippen molar-refractivity contribution in [2.24, 2.45) is 5.92 Å². The Bertz CT molecular complexity index is 194. The van der Waals surface area contributed by atoms with Crippen molar-refractivity contribution in [1.82, 2.24) is 4.90 Å². The van der Waals surface area contributed by atoms with Gasteiger partial charge in [-0.1, -0.05) is 13.3 Å². The zero-order valence-corrected chi connectivity index (χ0v) is 8.71. The highest BCUT2D eigenvalue weighted by Crippen LogP contribution is 2.10. The van der Waals surface area contributed by atoms with Gasteiger partial charge in [0.25, 0.3) is 0 Å². The van der Waals surface area contributed by atoms with Gasteiger partial charge >= 0.3 is 0 Å². The van der Waals surface area contributed by atoms with Crippen LogP contribution in [0.4, 0.5) is 0 Å². The maximum absolute atomic E-state index is 11.4. The number of hydrogen-bond acceptors (Lipinski definition) is 2. The van der Waals surface area contributed by atoms with Gasteiger partial charge in [0.1, 0.15) is 0 Å². The van der Waals surface area contributed by atoms with Gasteiger partial charge in [0.2, 0.25) is 5.91 Å². The minimum atomic E-state index is 0.0914. The van der Waals surface area contributed by atoms with Crippen molar-refractivity contribution < 1.29 is 4.79 Å². The summed E-state index contributed by atoms with van der Waals surface area (Å²) in [5, 5.41) is 8.30. The lowest BCUT2D eigenvalue weighted by Gasteiger charge is -2.16. The molecule has 3 nitrogen and oxygen atoms in total. The SMILES string of the molecule is CC(CCCCC#N)C(=O)N(C)C. The summed E-state index contributed by atoms with van der Waals surface area (Å²) in [4.78, 5) is 13.0. The highest BCUT2D eigenvalue weighted by atomic mass is 16.2. The Morgan fingerprint density at radius 2 is 2.08 bits per heavy atom. The molecular weight excluding hydrogens is 164 g/mol. The van der Waals surface area contributed by atoms with Crippen molar-refractivity contribution >= 4 is 5.91 Å². The Labute approximate surface area is 80.3 Å². The molecule has 0 aromatic carbocycles. The number of unbranched alkanes of at least 4 members (excludes halogenated alkanes) is 2. The maximum Gasteiger partial charge on any atom is 0.224 e. The van der Waals surface area contributed by atoms with Gasteiger partial charge < -0.3 is 4.90 Å². The van der Waals surface area contributed by atoms with E-state index >= 15 is 0 Å². The van der Waals surface area contributed by atoms with E-state index in [0.717, 1.165) is 19.3 Å². The Morgan fingerprint density at radius 1 is 1.46 bits per heavy atom. The normalized spacial score (nSPS) is 11.8. The van der Waals surface area contributed by atoms with Crippen LogP contribution in [0.1, 0.15) is 32.6 Å². The number of hydrogen-bond donors (Lipinski definition) is 0. The molecule has 0 saturated heterocycles. The molecule has 0 aliphatic heterocycles. The molecule has 0 fully saturated rings. The van der Waals surface area contributed by atoms with Crippen LogP contribution in [0, 0.1) is 17.2 Å². The number of nitriles is 1. The summed E-state index contributed by atoms with van der Waals surface area (Å²) < 4.78 is 0. The molecule has 74 valence electrons. The van der Waals surface area contributed by atoms with Gasteiger partial charge in [0, 0.05) is 26.4 Å². The van der Waals surface area contributed by atoms with Crippen LogP contribution >= 0.6 is 0 Å². The fourth-order valence-electron chi connectivity index (χ4n) is 1.22. The maximum atomic E-state index is 11.4. The number of rotatable bonds is 5. The minimum absolute atomic E-state index is 0.0914. The first-order valence-electron chi connectivity index (χ1n) is 4.67. The monoisotopic (exact) mass is 182 g/mol. The van der Waals surface area contributed by atoms with E-state index in [1.165, 1.54) is 0 Å². The number of carbonyl (C=O) groups excluding carboxylic acids is 1. The van der Waals surface area contributed by atoms with Crippen LogP contribution < -0.4 is 0 Å². The fraction of sp³-hybridized carbons (Fsp3) is 0.800. The molecule has 0 aliphatic rings. The molecule has 0 saturated carbocycles. The summed E-state index contributed by atoms with van der Waals surface area (Å²) in [6, 6.07) is 2.10. The molecule has 0 radical (unpaired) electrons. The predicted molar refractivity (Wildman–Crippen MR) is 51.9 cm³/mol.